The molecule has 126 valence electrons. The monoisotopic (exact) mass is 344 g/mol. The first-order chi connectivity index (χ1) is 11.6. The summed E-state index contributed by atoms with van der Waals surface area (Å²) in [6, 6.07) is 9.66. The van der Waals surface area contributed by atoms with Gasteiger partial charge < -0.3 is 15.5 Å². The number of nitrogens with zero attached hydrogens (tertiary/aromatic N) is 2. The van der Waals surface area contributed by atoms with Crippen LogP contribution in [0.4, 0.5) is 17.2 Å². The predicted octanol–water partition coefficient (Wildman–Crippen LogP) is 3.91. The topological polar surface area (TPSA) is 57.3 Å². The van der Waals surface area contributed by atoms with Crippen molar-refractivity contribution in [2.45, 2.75) is 26.3 Å². The highest BCUT2D eigenvalue weighted by molar-refractivity contribution is 6.33. The molecule has 0 atom stereocenters. The van der Waals surface area contributed by atoms with Gasteiger partial charge in [-0.05, 0) is 42.7 Å². The lowest BCUT2D eigenvalue weighted by Crippen LogP contribution is -2.18. The van der Waals surface area contributed by atoms with Gasteiger partial charge >= 0.3 is 0 Å². The van der Waals surface area contributed by atoms with E-state index in [0.717, 1.165) is 30.2 Å². The lowest BCUT2D eigenvalue weighted by molar-refractivity contribution is -0.114. The van der Waals surface area contributed by atoms with Crippen LogP contribution < -0.4 is 15.5 Å². The lowest BCUT2D eigenvalue weighted by atomic mass is 10.2. The van der Waals surface area contributed by atoms with Crippen LogP contribution in [0.25, 0.3) is 0 Å². The Labute approximate surface area is 147 Å². The van der Waals surface area contributed by atoms with E-state index in [-0.39, 0.29) is 5.91 Å². The SMILES string of the molecule is CC(=O)Nc1cc(NCc2ccc(N3CCCC3)nc2)ccc1Cl. The van der Waals surface area contributed by atoms with Crippen molar-refractivity contribution in [3.05, 3.63) is 47.1 Å². The van der Waals surface area contributed by atoms with Crippen LogP contribution in [-0.4, -0.2) is 24.0 Å². The normalized spacial score (nSPS) is 13.8. The minimum atomic E-state index is -0.143. The molecule has 5 nitrogen and oxygen atoms in total. The molecule has 2 N–H and O–H groups in total. The van der Waals surface area contributed by atoms with Crippen LogP contribution in [0.2, 0.25) is 5.02 Å². The summed E-state index contributed by atoms with van der Waals surface area (Å²) in [4.78, 5) is 18.1. The van der Waals surface area contributed by atoms with E-state index in [9.17, 15) is 4.79 Å². The molecule has 1 amide bonds. The van der Waals surface area contributed by atoms with E-state index in [1.54, 1.807) is 6.07 Å². The summed E-state index contributed by atoms with van der Waals surface area (Å²) >= 11 is 6.08. The molecule has 0 spiro atoms. The number of halogens is 1. The number of nitrogens with one attached hydrogen (secondary N) is 2. The van der Waals surface area contributed by atoms with Gasteiger partial charge in [-0.1, -0.05) is 17.7 Å². The third-order valence-electron chi connectivity index (χ3n) is 4.01. The first-order valence-electron chi connectivity index (χ1n) is 8.13. The van der Waals surface area contributed by atoms with E-state index in [2.05, 4.69) is 32.7 Å². The molecule has 3 rings (SSSR count). The Morgan fingerprint density at radius 1 is 1.25 bits per heavy atom. The van der Waals surface area contributed by atoms with E-state index in [1.807, 2.05) is 18.3 Å². The first-order valence-corrected chi connectivity index (χ1v) is 8.50. The molecule has 0 bridgehead atoms. The fourth-order valence-electron chi connectivity index (χ4n) is 2.78. The zero-order chi connectivity index (χ0) is 16.9. The van der Waals surface area contributed by atoms with Gasteiger partial charge in [0.1, 0.15) is 5.82 Å². The zero-order valence-electron chi connectivity index (χ0n) is 13.7. The Kier molecular flexibility index (Phi) is 5.20. The van der Waals surface area contributed by atoms with E-state index in [0.29, 0.717) is 17.3 Å². The predicted molar refractivity (Wildman–Crippen MR) is 98.8 cm³/mol. The molecule has 2 heterocycles. The summed E-state index contributed by atoms with van der Waals surface area (Å²) in [6.45, 7) is 4.32. The Hall–Kier alpha value is -2.27. The smallest absolute Gasteiger partial charge is 0.221 e. The molecule has 1 saturated heterocycles. The second-order valence-electron chi connectivity index (χ2n) is 5.95. The van der Waals surface area contributed by atoms with Crippen molar-refractivity contribution in [2.75, 3.05) is 28.6 Å². The number of carbonyl (C=O) groups excluding carboxylic acids is 1. The molecule has 2 aromatic rings. The van der Waals surface area contributed by atoms with Crippen molar-refractivity contribution in [1.82, 2.24) is 4.98 Å². The highest BCUT2D eigenvalue weighted by Gasteiger charge is 2.12. The van der Waals surface area contributed by atoms with Crippen molar-refractivity contribution in [3.8, 4) is 0 Å². The summed E-state index contributed by atoms with van der Waals surface area (Å²) in [5.74, 6) is 0.909. The zero-order valence-corrected chi connectivity index (χ0v) is 14.4. The van der Waals surface area contributed by atoms with Crippen molar-refractivity contribution in [3.63, 3.8) is 0 Å². The van der Waals surface area contributed by atoms with E-state index in [1.165, 1.54) is 19.8 Å². The van der Waals surface area contributed by atoms with E-state index >= 15 is 0 Å². The van der Waals surface area contributed by atoms with Gasteiger partial charge in [0.05, 0.1) is 10.7 Å². The minimum Gasteiger partial charge on any atom is -0.381 e. The lowest BCUT2D eigenvalue weighted by Gasteiger charge is -2.16. The van der Waals surface area contributed by atoms with Crippen LogP contribution in [-0.2, 0) is 11.3 Å². The number of rotatable bonds is 5. The largest absolute Gasteiger partial charge is 0.381 e. The van der Waals surface area contributed by atoms with Gasteiger partial charge in [0.2, 0.25) is 5.91 Å². The van der Waals surface area contributed by atoms with Gasteiger partial charge in [-0.15, -0.1) is 0 Å². The first kappa shape index (κ1) is 16.6. The summed E-state index contributed by atoms with van der Waals surface area (Å²) in [7, 11) is 0. The van der Waals surface area contributed by atoms with Gasteiger partial charge in [0.15, 0.2) is 0 Å². The van der Waals surface area contributed by atoms with E-state index < -0.39 is 0 Å². The molecule has 1 aliphatic rings. The van der Waals surface area contributed by atoms with Crippen LogP contribution >= 0.6 is 11.6 Å². The van der Waals surface area contributed by atoms with Gasteiger partial charge in [-0.3, -0.25) is 4.79 Å². The highest BCUT2D eigenvalue weighted by Crippen LogP contribution is 2.26. The molecule has 0 unspecified atom stereocenters. The number of aromatic nitrogens is 1. The molecule has 0 aliphatic carbocycles. The highest BCUT2D eigenvalue weighted by atomic mass is 35.5. The van der Waals surface area contributed by atoms with Crippen molar-refractivity contribution in [2.24, 2.45) is 0 Å². The van der Waals surface area contributed by atoms with Crippen LogP contribution in [0.15, 0.2) is 36.5 Å². The molecule has 1 aromatic carbocycles. The second-order valence-corrected chi connectivity index (χ2v) is 6.36. The molecule has 0 radical (unpaired) electrons. The average molecular weight is 345 g/mol. The Balaban J connectivity index is 1.61. The second kappa shape index (κ2) is 7.53. The Morgan fingerprint density at radius 3 is 2.71 bits per heavy atom. The summed E-state index contributed by atoms with van der Waals surface area (Å²) in [5, 5.41) is 6.57. The number of amides is 1. The molecular weight excluding hydrogens is 324 g/mol. The quantitative estimate of drug-likeness (QED) is 0.863. The fourth-order valence-corrected chi connectivity index (χ4v) is 2.94. The third kappa shape index (κ3) is 4.17. The molecule has 24 heavy (non-hydrogen) atoms. The fraction of sp³-hybridized carbons (Fsp3) is 0.333. The maximum absolute atomic E-state index is 11.2. The molecule has 0 saturated carbocycles. The van der Waals surface area contributed by atoms with Crippen molar-refractivity contribution in [1.29, 1.82) is 0 Å². The van der Waals surface area contributed by atoms with Crippen molar-refractivity contribution < 1.29 is 4.79 Å². The van der Waals surface area contributed by atoms with Crippen LogP contribution in [0.1, 0.15) is 25.3 Å². The number of hydrogen-bond acceptors (Lipinski definition) is 4. The standard InChI is InChI=1S/C18H21ClN4O/c1-13(24)22-17-10-15(5-6-16(17)19)20-11-14-4-7-18(21-12-14)23-8-2-3-9-23/h4-7,10,12,20H,2-3,8-9,11H2,1H3,(H,22,24). The van der Waals surface area contributed by atoms with E-state index in [4.69, 9.17) is 11.6 Å². The maximum Gasteiger partial charge on any atom is 0.221 e. The number of hydrogen-bond donors (Lipinski definition) is 2. The van der Waals surface area contributed by atoms with Gasteiger partial charge in [-0.25, -0.2) is 4.98 Å². The van der Waals surface area contributed by atoms with Crippen LogP contribution in [0, 0.1) is 0 Å². The van der Waals surface area contributed by atoms with Gasteiger partial charge in [0.25, 0.3) is 0 Å². The molecular formula is C18H21ClN4O. The third-order valence-corrected chi connectivity index (χ3v) is 4.34. The average Bonchev–Trinajstić information content (AvgIpc) is 3.10. The van der Waals surface area contributed by atoms with Crippen LogP contribution in [0.3, 0.4) is 0 Å². The molecule has 1 fully saturated rings. The van der Waals surface area contributed by atoms with Gasteiger partial charge in [0, 0.05) is 38.4 Å². The molecule has 1 aromatic heterocycles. The molecule has 6 heteroatoms. The Morgan fingerprint density at radius 2 is 2.04 bits per heavy atom. The Bertz CT molecular complexity index is 711. The summed E-state index contributed by atoms with van der Waals surface area (Å²) in [6.07, 6.45) is 4.40. The van der Waals surface area contributed by atoms with Crippen LogP contribution in [0.5, 0.6) is 0 Å². The maximum atomic E-state index is 11.2. The molecule has 1 aliphatic heterocycles. The number of carbonyl (C=O) groups is 1. The van der Waals surface area contributed by atoms with Crippen molar-refractivity contribution >= 4 is 34.7 Å². The number of pyridine rings is 1. The van der Waals surface area contributed by atoms with Gasteiger partial charge in [-0.2, -0.15) is 0 Å². The number of anilines is 3. The number of benzene rings is 1. The summed E-state index contributed by atoms with van der Waals surface area (Å²) in [5.41, 5.74) is 2.61. The minimum absolute atomic E-state index is 0.143. The summed E-state index contributed by atoms with van der Waals surface area (Å²) < 4.78 is 0.